The van der Waals surface area contributed by atoms with Crippen LogP contribution >= 0.6 is 11.3 Å². The van der Waals surface area contributed by atoms with E-state index in [0.717, 1.165) is 31.8 Å². The molecule has 2 aromatic rings. The lowest BCUT2D eigenvalue weighted by molar-refractivity contribution is 0.0905. The maximum absolute atomic E-state index is 12.7. The van der Waals surface area contributed by atoms with Gasteiger partial charge >= 0.3 is 0 Å². The molecule has 0 spiro atoms. The summed E-state index contributed by atoms with van der Waals surface area (Å²) in [6.45, 7) is 3.36. The first-order valence-corrected chi connectivity index (χ1v) is 11.5. The van der Waals surface area contributed by atoms with Crippen LogP contribution in [0, 0.1) is 5.92 Å². The molecule has 154 valence electrons. The van der Waals surface area contributed by atoms with Crippen LogP contribution in [0.4, 0.5) is 5.69 Å². The Balaban J connectivity index is 1.27. The lowest BCUT2D eigenvalue weighted by Gasteiger charge is -2.33. The Morgan fingerprint density at radius 3 is 2.52 bits per heavy atom. The minimum absolute atomic E-state index is 0.0635. The number of hydrogen-bond donors (Lipinski definition) is 2. The topological polar surface area (TPSA) is 61.4 Å². The fourth-order valence-electron chi connectivity index (χ4n) is 4.43. The number of rotatable bonds is 6. The second kappa shape index (κ2) is 9.55. The number of anilines is 1. The van der Waals surface area contributed by atoms with Crippen molar-refractivity contribution in [2.75, 3.05) is 25.0 Å². The molecule has 29 heavy (non-hydrogen) atoms. The van der Waals surface area contributed by atoms with Crippen LogP contribution in [0.25, 0.3) is 0 Å². The van der Waals surface area contributed by atoms with E-state index in [4.69, 9.17) is 0 Å². The third-order valence-electron chi connectivity index (χ3n) is 6.04. The summed E-state index contributed by atoms with van der Waals surface area (Å²) in [5, 5.41) is 7.92. The Morgan fingerprint density at radius 2 is 1.79 bits per heavy atom. The van der Waals surface area contributed by atoms with Crippen molar-refractivity contribution >= 4 is 28.8 Å². The van der Waals surface area contributed by atoms with Crippen LogP contribution in [0.15, 0.2) is 41.8 Å². The fraction of sp³-hybridized carbons (Fsp3) is 0.478. The highest BCUT2D eigenvalue weighted by Gasteiger charge is 2.24. The van der Waals surface area contributed by atoms with Gasteiger partial charge in [-0.1, -0.05) is 25.0 Å². The van der Waals surface area contributed by atoms with Gasteiger partial charge in [0.2, 0.25) is 0 Å². The molecule has 2 N–H and O–H groups in total. The largest absolute Gasteiger partial charge is 0.349 e. The number of benzene rings is 1. The van der Waals surface area contributed by atoms with Gasteiger partial charge in [0.1, 0.15) is 0 Å². The number of piperidine rings is 1. The van der Waals surface area contributed by atoms with E-state index in [0.29, 0.717) is 16.1 Å². The predicted molar refractivity (Wildman–Crippen MR) is 118 cm³/mol. The summed E-state index contributed by atoms with van der Waals surface area (Å²) in [6, 6.07) is 11.0. The molecule has 1 aromatic heterocycles. The molecule has 0 atom stereocenters. The zero-order chi connectivity index (χ0) is 20.1. The lowest BCUT2D eigenvalue weighted by Crippen LogP contribution is -2.45. The van der Waals surface area contributed by atoms with Gasteiger partial charge in [-0.05, 0) is 61.2 Å². The summed E-state index contributed by atoms with van der Waals surface area (Å²) < 4.78 is 0. The fourth-order valence-corrected chi connectivity index (χ4v) is 5.04. The first kappa shape index (κ1) is 20.1. The van der Waals surface area contributed by atoms with Crippen molar-refractivity contribution < 1.29 is 9.59 Å². The summed E-state index contributed by atoms with van der Waals surface area (Å²) in [6.07, 6.45) is 7.57. The normalized spacial score (nSPS) is 18.6. The SMILES string of the molecule is O=C(NC1CCN(CC2CCCC2)CC1)c1cccc(NC(=O)c2cccs2)c1. The molecular formula is C23H29N3O2S. The molecule has 4 rings (SSSR count). The lowest BCUT2D eigenvalue weighted by atomic mass is 10.0. The molecule has 0 bridgehead atoms. The van der Waals surface area contributed by atoms with E-state index < -0.39 is 0 Å². The van der Waals surface area contributed by atoms with Gasteiger partial charge in [-0.25, -0.2) is 0 Å². The Labute approximate surface area is 176 Å². The van der Waals surface area contributed by atoms with Crippen molar-refractivity contribution in [1.29, 1.82) is 0 Å². The molecule has 2 aliphatic rings. The van der Waals surface area contributed by atoms with Crippen molar-refractivity contribution in [1.82, 2.24) is 10.2 Å². The first-order valence-electron chi connectivity index (χ1n) is 10.7. The van der Waals surface area contributed by atoms with Gasteiger partial charge in [-0.2, -0.15) is 0 Å². The average molecular weight is 412 g/mol. The minimum atomic E-state index is -0.146. The van der Waals surface area contributed by atoms with E-state index in [1.54, 1.807) is 18.2 Å². The maximum atomic E-state index is 12.7. The molecule has 0 radical (unpaired) electrons. The van der Waals surface area contributed by atoms with Crippen LogP contribution in [0.3, 0.4) is 0 Å². The molecule has 1 aliphatic heterocycles. The highest BCUT2D eigenvalue weighted by atomic mass is 32.1. The Kier molecular flexibility index (Phi) is 6.62. The molecule has 6 heteroatoms. The highest BCUT2D eigenvalue weighted by molar-refractivity contribution is 7.12. The van der Waals surface area contributed by atoms with Crippen LogP contribution in [0.1, 0.15) is 58.6 Å². The Hall–Kier alpha value is -2.18. The monoisotopic (exact) mass is 411 g/mol. The second-order valence-electron chi connectivity index (χ2n) is 8.21. The van der Waals surface area contributed by atoms with E-state index >= 15 is 0 Å². The summed E-state index contributed by atoms with van der Waals surface area (Å²) in [5.41, 5.74) is 1.23. The van der Waals surface area contributed by atoms with Gasteiger partial charge in [0.15, 0.2) is 0 Å². The molecule has 1 saturated carbocycles. The molecular weight excluding hydrogens is 382 g/mol. The van der Waals surface area contributed by atoms with E-state index in [-0.39, 0.29) is 17.9 Å². The number of likely N-dealkylation sites (tertiary alicyclic amines) is 1. The van der Waals surface area contributed by atoms with Crippen molar-refractivity contribution in [3.05, 3.63) is 52.2 Å². The number of hydrogen-bond acceptors (Lipinski definition) is 4. The van der Waals surface area contributed by atoms with Crippen LogP contribution in [-0.2, 0) is 0 Å². The zero-order valence-corrected chi connectivity index (χ0v) is 17.5. The summed E-state index contributed by atoms with van der Waals surface area (Å²) in [4.78, 5) is 28.2. The van der Waals surface area contributed by atoms with Crippen molar-refractivity contribution in [3.8, 4) is 0 Å². The molecule has 1 saturated heterocycles. The highest BCUT2D eigenvalue weighted by Crippen LogP contribution is 2.26. The van der Waals surface area contributed by atoms with Crippen molar-refractivity contribution in [2.45, 2.75) is 44.6 Å². The van der Waals surface area contributed by atoms with E-state index in [9.17, 15) is 9.59 Å². The van der Waals surface area contributed by atoms with Crippen molar-refractivity contribution in [3.63, 3.8) is 0 Å². The quantitative estimate of drug-likeness (QED) is 0.741. The number of carbonyl (C=O) groups is 2. The predicted octanol–water partition coefficient (Wildman–Crippen LogP) is 4.38. The van der Waals surface area contributed by atoms with Gasteiger partial charge in [0, 0.05) is 36.9 Å². The number of thiophene rings is 1. The summed E-state index contributed by atoms with van der Waals surface area (Å²) in [7, 11) is 0. The Morgan fingerprint density at radius 1 is 1.00 bits per heavy atom. The standard InChI is InChI=1S/C23H29N3O2S/c27-22(24-19-10-12-26(13-11-19)16-17-5-1-2-6-17)18-7-3-8-20(15-18)25-23(28)21-9-4-14-29-21/h3-4,7-9,14-15,17,19H,1-2,5-6,10-13,16H2,(H,24,27)(H,25,28). The van der Waals surface area contributed by atoms with Gasteiger partial charge in [0.25, 0.3) is 11.8 Å². The number of carbonyl (C=O) groups excluding carboxylic acids is 2. The first-order chi connectivity index (χ1) is 14.2. The van der Waals surface area contributed by atoms with E-state index in [1.165, 1.54) is 43.6 Å². The van der Waals surface area contributed by atoms with Crippen LogP contribution < -0.4 is 10.6 Å². The molecule has 1 aromatic carbocycles. The minimum Gasteiger partial charge on any atom is -0.349 e. The van der Waals surface area contributed by atoms with Crippen LogP contribution in [0.5, 0.6) is 0 Å². The molecule has 2 fully saturated rings. The van der Waals surface area contributed by atoms with Crippen LogP contribution in [-0.4, -0.2) is 42.4 Å². The van der Waals surface area contributed by atoms with E-state index in [2.05, 4.69) is 15.5 Å². The number of nitrogens with zero attached hydrogens (tertiary/aromatic N) is 1. The average Bonchev–Trinajstić information content (AvgIpc) is 3.44. The molecule has 2 heterocycles. The maximum Gasteiger partial charge on any atom is 0.265 e. The van der Waals surface area contributed by atoms with Gasteiger partial charge < -0.3 is 15.5 Å². The van der Waals surface area contributed by atoms with Gasteiger partial charge in [0.05, 0.1) is 4.88 Å². The van der Waals surface area contributed by atoms with Gasteiger partial charge in [-0.3, -0.25) is 9.59 Å². The third kappa shape index (κ3) is 5.46. The van der Waals surface area contributed by atoms with Gasteiger partial charge in [-0.15, -0.1) is 11.3 Å². The molecule has 5 nitrogen and oxygen atoms in total. The molecule has 0 unspecified atom stereocenters. The Bertz CT molecular complexity index is 822. The number of nitrogens with one attached hydrogen (secondary N) is 2. The third-order valence-corrected chi connectivity index (χ3v) is 6.91. The zero-order valence-electron chi connectivity index (χ0n) is 16.7. The second-order valence-corrected chi connectivity index (χ2v) is 9.16. The molecule has 2 amide bonds. The van der Waals surface area contributed by atoms with Crippen LogP contribution in [0.2, 0.25) is 0 Å². The summed E-state index contributed by atoms with van der Waals surface area (Å²) in [5.74, 6) is 0.673. The van der Waals surface area contributed by atoms with Crippen molar-refractivity contribution in [2.24, 2.45) is 5.92 Å². The molecule has 1 aliphatic carbocycles. The summed E-state index contributed by atoms with van der Waals surface area (Å²) >= 11 is 1.40. The smallest absolute Gasteiger partial charge is 0.265 e. The number of amides is 2. The van der Waals surface area contributed by atoms with E-state index in [1.807, 2.05) is 23.6 Å².